The molecule has 108 valence electrons. The fraction of sp³-hybridized carbons (Fsp3) is 0.786. The third-order valence-corrected chi connectivity index (χ3v) is 4.49. The molecule has 0 saturated heterocycles. The van der Waals surface area contributed by atoms with Crippen LogP contribution in [0.5, 0.6) is 0 Å². The van der Waals surface area contributed by atoms with Crippen LogP contribution in [0.2, 0.25) is 0 Å². The van der Waals surface area contributed by atoms with E-state index in [1.165, 1.54) is 17.7 Å². The third kappa shape index (κ3) is 3.99. The van der Waals surface area contributed by atoms with Gasteiger partial charge in [0.05, 0.1) is 12.3 Å². The summed E-state index contributed by atoms with van der Waals surface area (Å²) in [6, 6.07) is 0. The van der Waals surface area contributed by atoms with Crippen LogP contribution in [-0.4, -0.2) is 25.7 Å². The van der Waals surface area contributed by atoms with E-state index in [1.54, 1.807) is 25.6 Å². The minimum Gasteiger partial charge on any atom is -0.378 e. The zero-order valence-electron chi connectivity index (χ0n) is 12.1. The number of rotatable bonds is 9. The standard InChI is InChI=1S/C14H24N2O2S/c1-4-7-15-8-12-11(9-17-2)16-14(19-12)13(18-3)10-5-6-10/h10,13,15H,4-9H2,1-3H3. The predicted molar refractivity (Wildman–Crippen MR) is 77.3 cm³/mol. The summed E-state index contributed by atoms with van der Waals surface area (Å²) in [5.41, 5.74) is 1.06. The van der Waals surface area contributed by atoms with E-state index < -0.39 is 0 Å². The Morgan fingerprint density at radius 2 is 2.21 bits per heavy atom. The van der Waals surface area contributed by atoms with E-state index in [1.807, 2.05) is 0 Å². The van der Waals surface area contributed by atoms with Crippen molar-refractivity contribution in [3.8, 4) is 0 Å². The van der Waals surface area contributed by atoms with E-state index in [0.29, 0.717) is 12.5 Å². The van der Waals surface area contributed by atoms with Gasteiger partial charge in [-0.3, -0.25) is 0 Å². The van der Waals surface area contributed by atoms with Crippen LogP contribution >= 0.6 is 11.3 Å². The smallest absolute Gasteiger partial charge is 0.122 e. The highest BCUT2D eigenvalue weighted by atomic mass is 32.1. The van der Waals surface area contributed by atoms with E-state index >= 15 is 0 Å². The molecule has 19 heavy (non-hydrogen) atoms. The maximum atomic E-state index is 5.62. The molecule has 1 unspecified atom stereocenters. The molecule has 5 heteroatoms. The largest absolute Gasteiger partial charge is 0.378 e. The molecule has 0 radical (unpaired) electrons. The monoisotopic (exact) mass is 284 g/mol. The highest BCUT2D eigenvalue weighted by molar-refractivity contribution is 7.11. The number of hydrogen-bond acceptors (Lipinski definition) is 5. The molecule has 0 aliphatic heterocycles. The SMILES string of the molecule is CCCNCc1sc(C(OC)C2CC2)nc1COC. The normalized spacial score (nSPS) is 16.8. The van der Waals surface area contributed by atoms with E-state index in [9.17, 15) is 0 Å². The lowest BCUT2D eigenvalue weighted by molar-refractivity contribution is 0.0839. The van der Waals surface area contributed by atoms with Crippen molar-refractivity contribution in [3.63, 3.8) is 0 Å². The molecule has 1 saturated carbocycles. The number of methoxy groups -OCH3 is 2. The van der Waals surface area contributed by atoms with Crippen molar-refractivity contribution >= 4 is 11.3 Å². The van der Waals surface area contributed by atoms with Crippen molar-refractivity contribution in [3.05, 3.63) is 15.6 Å². The van der Waals surface area contributed by atoms with Crippen molar-refractivity contribution in [1.82, 2.24) is 10.3 Å². The van der Waals surface area contributed by atoms with Crippen molar-refractivity contribution < 1.29 is 9.47 Å². The third-order valence-electron chi connectivity index (χ3n) is 3.34. The van der Waals surface area contributed by atoms with Gasteiger partial charge in [-0.25, -0.2) is 4.98 Å². The van der Waals surface area contributed by atoms with Crippen molar-refractivity contribution in [2.75, 3.05) is 20.8 Å². The molecule has 1 aromatic heterocycles. The van der Waals surface area contributed by atoms with Gasteiger partial charge in [0.25, 0.3) is 0 Å². The van der Waals surface area contributed by atoms with Crippen molar-refractivity contribution in [2.45, 2.75) is 45.4 Å². The number of nitrogens with one attached hydrogen (secondary N) is 1. The van der Waals surface area contributed by atoms with Gasteiger partial charge in [0, 0.05) is 25.6 Å². The maximum absolute atomic E-state index is 5.62. The zero-order chi connectivity index (χ0) is 13.7. The van der Waals surface area contributed by atoms with Crippen molar-refractivity contribution in [1.29, 1.82) is 0 Å². The lowest BCUT2D eigenvalue weighted by Gasteiger charge is -2.10. The second-order valence-corrected chi connectivity index (χ2v) is 6.14. The maximum Gasteiger partial charge on any atom is 0.122 e. The Bertz CT molecular complexity index is 391. The predicted octanol–water partition coefficient (Wildman–Crippen LogP) is 2.89. The minimum absolute atomic E-state index is 0.181. The van der Waals surface area contributed by atoms with Gasteiger partial charge in [0.15, 0.2) is 0 Å². The molecule has 0 aromatic carbocycles. The van der Waals surface area contributed by atoms with Crippen LogP contribution < -0.4 is 5.32 Å². The molecule has 1 aromatic rings. The van der Waals surface area contributed by atoms with Gasteiger partial charge >= 0.3 is 0 Å². The van der Waals surface area contributed by atoms with Gasteiger partial charge in [-0.2, -0.15) is 0 Å². The van der Waals surface area contributed by atoms with E-state index in [4.69, 9.17) is 14.5 Å². The summed E-state index contributed by atoms with van der Waals surface area (Å²) in [6.07, 6.45) is 3.86. The Morgan fingerprint density at radius 3 is 2.79 bits per heavy atom. The Kier molecular flexibility index (Phi) is 5.76. The fourth-order valence-electron chi connectivity index (χ4n) is 2.19. The molecule has 2 rings (SSSR count). The molecular weight excluding hydrogens is 260 g/mol. The van der Waals surface area contributed by atoms with Crippen LogP contribution in [0.1, 0.15) is 47.9 Å². The Balaban J connectivity index is 2.08. The summed E-state index contributed by atoms with van der Waals surface area (Å²) in [5.74, 6) is 0.669. The van der Waals surface area contributed by atoms with Gasteiger partial charge < -0.3 is 14.8 Å². The summed E-state index contributed by atoms with van der Waals surface area (Å²) < 4.78 is 10.9. The molecule has 4 nitrogen and oxygen atoms in total. The first-order valence-electron chi connectivity index (χ1n) is 7.01. The Morgan fingerprint density at radius 1 is 1.42 bits per heavy atom. The summed E-state index contributed by atoms with van der Waals surface area (Å²) in [7, 11) is 3.51. The lowest BCUT2D eigenvalue weighted by Crippen LogP contribution is -2.14. The molecule has 1 N–H and O–H groups in total. The first-order chi connectivity index (χ1) is 9.30. The van der Waals surface area contributed by atoms with Crippen molar-refractivity contribution in [2.24, 2.45) is 5.92 Å². The highest BCUT2D eigenvalue weighted by Crippen LogP contribution is 2.44. The number of aromatic nitrogens is 1. The topological polar surface area (TPSA) is 43.4 Å². The molecule has 0 amide bonds. The molecule has 1 aliphatic carbocycles. The number of hydrogen-bond donors (Lipinski definition) is 1. The summed E-state index contributed by atoms with van der Waals surface area (Å²) >= 11 is 1.77. The minimum atomic E-state index is 0.181. The van der Waals surface area contributed by atoms with Gasteiger partial charge in [0.1, 0.15) is 11.1 Å². The van der Waals surface area contributed by atoms with E-state index in [-0.39, 0.29) is 6.10 Å². The molecule has 1 aliphatic rings. The van der Waals surface area contributed by atoms with Crippen LogP contribution in [0, 0.1) is 5.92 Å². The average molecular weight is 284 g/mol. The van der Waals surface area contributed by atoms with Crippen LogP contribution in [-0.2, 0) is 22.6 Å². The van der Waals surface area contributed by atoms with Gasteiger partial charge in [-0.05, 0) is 31.7 Å². The highest BCUT2D eigenvalue weighted by Gasteiger charge is 2.35. The summed E-state index contributed by atoms with van der Waals surface area (Å²) in [5, 5.41) is 4.56. The molecule has 0 spiro atoms. The first kappa shape index (κ1) is 14.9. The van der Waals surface area contributed by atoms with Crippen LogP contribution in [0.15, 0.2) is 0 Å². The average Bonchev–Trinajstić information content (AvgIpc) is 3.15. The summed E-state index contributed by atoms with van der Waals surface area (Å²) in [4.78, 5) is 6.02. The molecular formula is C14H24N2O2S. The van der Waals surface area contributed by atoms with Gasteiger partial charge in [0.2, 0.25) is 0 Å². The zero-order valence-corrected chi connectivity index (χ0v) is 12.9. The van der Waals surface area contributed by atoms with E-state index in [0.717, 1.165) is 30.2 Å². The first-order valence-corrected chi connectivity index (χ1v) is 7.82. The number of ether oxygens (including phenoxy) is 2. The molecule has 0 bridgehead atoms. The van der Waals surface area contributed by atoms with Gasteiger partial charge in [-0.1, -0.05) is 6.92 Å². The Hall–Kier alpha value is -0.490. The molecule has 1 fully saturated rings. The van der Waals surface area contributed by atoms with Crippen LogP contribution in [0.25, 0.3) is 0 Å². The van der Waals surface area contributed by atoms with Gasteiger partial charge in [-0.15, -0.1) is 11.3 Å². The second kappa shape index (κ2) is 7.33. The molecule has 1 heterocycles. The fourth-order valence-corrected chi connectivity index (χ4v) is 3.39. The lowest BCUT2D eigenvalue weighted by atomic mass is 10.2. The number of nitrogens with zero attached hydrogens (tertiary/aromatic N) is 1. The second-order valence-electron chi connectivity index (χ2n) is 5.03. The Labute approximate surface area is 119 Å². The number of thiazole rings is 1. The quantitative estimate of drug-likeness (QED) is 0.708. The van der Waals surface area contributed by atoms with Crippen LogP contribution in [0.3, 0.4) is 0 Å². The summed E-state index contributed by atoms with van der Waals surface area (Å²) in [6.45, 7) is 4.68. The molecule has 1 atom stereocenters. The van der Waals surface area contributed by atoms with E-state index in [2.05, 4.69) is 12.2 Å². The van der Waals surface area contributed by atoms with Crippen LogP contribution in [0.4, 0.5) is 0 Å².